The van der Waals surface area contributed by atoms with Crippen molar-refractivity contribution in [1.29, 1.82) is 0 Å². The molecule has 1 aliphatic rings. The molecule has 0 aliphatic carbocycles. The Morgan fingerprint density at radius 2 is 1.67 bits per heavy atom. The van der Waals surface area contributed by atoms with Crippen LogP contribution < -0.4 is 31.6 Å². The summed E-state index contributed by atoms with van der Waals surface area (Å²) in [5.41, 5.74) is 11.1. The number of nitro groups is 1. The molecule has 4 rings (SSSR count). The topological polar surface area (TPSA) is 240 Å². The van der Waals surface area contributed by atoms with E-state index in [1.54, 1.807) is 63.1 Å². The molecule has 1 fully saturated rings. The highest BCUT2D eigenvalue weighted by molar-refractivity contribution is 5.99. The van der Waals surface area contributed by atoms with Crippen molar-refractivity contribution in [2.45, 2.75) is 32.9 Å². The molecule has 6 N–H and O–H groups in total. The molecule has 278 valence electrons. The minimum atomic E-state index is -0.870. The summed E-state index contributed by atoms with van der Waals surface area (Å²) in [5.74, 6) is -0.803. The second-order valence-corrected chi connectivity index (χ2v) is 12.6. The Hall–Kier alpha value is -6.33. The number of amides is 4. The molecular formula is C34H43N9O9. The quantitative estimate of drug-likeness (QED) is 0.101. The minimum Gasteiger partial charge on any atom is -0.494 e. The van der Waals surface area contributed by atoms with Crippen LogP contribution in [0.1, 0.15) is 41.5 Å². The number of nitrogens with two attached hydrogens (primary N) is 2. The van der Waals surface area contributed by atoms with Gasteiger partial charge in [0.2, 0.25) is 23.7 Å². The number of methoxy groups -OCH3 is 1. The highest BCUT2D eigenvalue weighted by Crippen LogP contribution is 2.36. The van der Waals surface area contributed by atoms with Crippen molar-refractivity contribution in [2.75, 3.05) is 64.1 Å². The molecule has 3 aromatic rings. The number of rotatable bonds is 15. The summed E-state index contributed by atoms with van der Waals surface area (Å²) in [6, 6.07) is 5.50. The van der Waals surface area contributed by atoms with E-state index in [1.165, 1.54) is 24.1 Å². The molecule has 0 bridgehead atoms. The first kappa shape index (κ1) is 38.5. The van der Waals surface area contributed by atoms with Crippen molar-refractivity contribution in [3.05, 3.63) is 69.8 Å². The van der Waals surface area contributed by atoms with Gasteiger partial charge in [0.25, 0.3) is 5.69 Å². The van der Waals surface area contributed by atoms with E-state index < -0.39 is 34.1 Å². The van der Waals surface area contributed by atoms with Gasteiger partial charge in [-0.3, -0.25) is 29.4 Å². The van der Waals surface area contributed by atoms with Crippen molar-refractivity contribution in [1.82, 2.24) is 19.4 Å². The number of hydrogen-bond acceptors (Lipinski definition) is 12. The van der Waals surface area contributed by atoms with E-state index in [1.807, 2.05) is 4.57 Å². The van der Waals surface area contributed by atoms with Crippen LogP contribution in [0, 0.1) is 10.1 Å². The van der Waals surface area contributed by atoms with Gasteiger partial charge in [-0.25, -0.2) is 9.78 Å². The molecule has 18 heteroatoms. The third-order valence-electron chi connectivity index (χ3n) is 7.75. The number of primary amides is 2. The van der Waals surface area contributed by atoms with Gasteiger partial charge in [0.15, 0.2) is 11.4 Å². The SMILES string of the molecule is CNc1nc2cc(C(N)=O)cc(OC)c2n1C/C=C/CNc1c(OC/C=C/CN2CCN(C(=O)OC(C)(C)C)CC2=O)cc(C(N)=O)cc1[N+](=O)[O-]. The number of benzene rings is 2. The Kier molecular flexibility index (Phi) is 12.3. The molecule has 1 aromatic heterocycles. The van der Waals surface area contributed by atoms with E-state index in [2.05, 4.69) is 15.6 Å². The number of allylic oxidation sites excluding steroid dienone is 1. The number of hydrogen-bond donors (Lipinski definition) is 4. The summed E-state index contributed by atoms with van der Waals surface area (Å²) in [5, 5.41) is 18.0. The van der Waals surface area contributed by atoms with E-state index in [0.29, 0.717) is 42.4 Å². The monoisotopic (exact) mass is 721 g/mol. The number of nitrogens with zero attached hydrogens (tertiary/aromatic N) is 5. The van der Waals surface area contributed by atoms with Crippen LogP contribution in [0.25, 0.3) is 11.0 Å². The Labute approximate surface area is 299 Å². The first-order valence-corrected chi connectivity index (χ1v) is 16.2. The fraction of sp³-hybridized carbons (Fsp3) is 0.382. The van der Waals surface area contributed by atoms with Crippen molar-refractivity contribution in [2.24, 2.45) is 11.5 Å². The molecule has 0 spiro atoms. The van der Waals surface area contributed by atoms with Crippen LogP contribution in [0.15, 0.2) is 48.6 Å². The number of nitrogens with one attached hydrogen (secondary N) is 2. The maximum absolute atomic E-state index is 12.6. The second-order valence-electron chi connectivity index (χ2n) is 12.6. The maximum atomic E-state index is 12.6. The van der Waals surface area contributed by atoms with Gasteiger partial charge in [0.05, 0.1) is 17.5 Å². The third kappa shape index (κ3) is 9.46. The Bertz CT molecular complexity index is 1910. The Morgan fingerprint density at radius 3 is 2.29 bits per heavy atom. The van der Waals surface area contributed by atoms with E-state index in [9.17, 15) is 29.3 Å². The Morgan fingerprint density at radius 1 is 1.00 bits per heavy atom. The number of piperazine rings is 1. The number of carbonyl (C=O) groups excluding carboxylic acids is 4. The molecule has 4 amide bonds. The molecule has 0 atom stereocenters. The molecule has 52 heavy (non-hydrogen) atoms. The van der Waals surface area contributed by atoms with Crippen molar-refractivity contribution in [3.8, 4) is 11.5 Å². The van der Waals surface area contributed by atoms with Crippen molar-refractivity contribution < 1.29 is 38.3 Å². The zero-order valence-electron chi connectivity index (χ0n) is 29.6. The van der Waals surface area contributed by atoms with Crippen LogP contribution >= 0.6 is 0 Å². The van der Waals surface area contributed by atoms with E-state index in [-0.39, 0.29) is 54.7 Å². The summed E-state index contributed by atoms with van der Waals surface area (Å²) in [4.78, 5) is 67.6. The first-order valence-electron chi connectivity index (χ1n) is 16.2. The van der Waals surface area contributed by atoms with Gasteiger partial charge in [0.1, 0.15) is 30.0 Å². The van der Waals surface area contributed by atoms with Crippen LogP contribution in [0.3, 0.4) is 0 Å². The zero-order chi connectivity index (χ0) is 38.2. The average Bonchev–Trinajstić information content (AvgIpc) is 3.44. The highest BCUT2D eigenvalue weighted by atomic mass is 16.6. The zero-order valence-corrected chi connectivity index (χ0v) is 29.6. The summed E-state index contributed by atoms with van der Waals surface area (Å²) in [7, 11) is 3.17. The normalized spacial score (nSPS) is 13.5. The Balaban J connectivity index is 1.43. The lowest BCUT2D eigenvalue weighted by atomic mass is 10.1. The fourth-order valence-electron chi connectivity index (χ4n) is 5.29. The number of anilines is 2. The van der Waals surface area contributed by atoms with Crippen LogP contribution in [0.2, 0.25) is 0 Å². The second kappa shape index (κ2) is 16.6. The number of carbonyl (C=O) groups is 4. The van der Waals surface area contributed by atoms with Gasteiger partial charge in [-0.05, 0) is 45.0 Å². The maximum Gasteiger partial charge on any atom is 0.410 e. The van der Waals surface area contributed by atoms with Crippen molar-refractivity contribution >= 4 is 52.2 Å². The molecule has 0 radical (unpaired) electrons. The molecule has 2 heterocycles. The largest absolute Gasteiger partial charge is 0.494 e. The standard InChI is InChI=1S/C34H43N9O9/c1-34(2,3)52-33(47)41-14-13-40(27(44)20-41)11-8-9-15-51-25-18-22(31(36)46)17-24(43(48)49)28(25)38-10-6-7-12-42-29-23(39-32(42)37-4)16-21(30(35)45)19-26(29)50-5/h6-9,16-19,38H,10-15,20H2,1-5H3,(H2,35,45)(H2,36,46)(H,37,39)/b7-6+,9-8+. The number of nitro benzene ring substituents is 1. The average molecular weight is 722 g/mol. The predicted octanol–water partition coefficient (Wildman–Crippen LogP) is 2.88. The molecule has 1 saturated heterocycles. The molecule has 0 saturated carbocycles. The molecule has 1 aliphatic heterocycles. The number of fused-ring (bicyclic) bond motifs is 1. The van der Waals surface area contributed by atoms with Crippen LogP contribution in [0.4, 0.5) is 22.1 Å². The molecule has 2 aromatic carbocycles. The van der Waals surface area contributed by atoms with Crippen LogP contribution in [0.5, 0.6) is 11.5 Å². The molecule has 0 unspecified atom stereocenters. The van der Waals surface area contributed by atoms with Crippen molar-refractivity contribution in [3.63, 3.8) is 0 Å². The van der Waals surface area contributed by atoms with Gasteiger partial charge in [-0.15, -0.1) is 0 Å². The smallest absolute Gasteiger partial charge is 0.410 e. The summed E-state index contributed by atoms with van der Waals surface area (Å²) < 4.78 is 18.5. The van der Waals surface area contributed by atoms with Gasteiger partial charge >= 0.3 is 6.09 Å². The summed E-state index contributed by atoms with van der Waals surface area (Å²) in [6.07, 6.45) is 6.33. The predicted molar refractivity (Wildman–Crippen MR) is 193 cm³/mol. The molecule has 18 nitrogen and oxygen atoms in total. The lowest BCUT2D eigenvalue weighted by molar-refractivity contribution is -0.384. The van der Waals surface area contributed by atoms with Crippen LogP contribution in [-0.4, -0.2) is 107 Å². The fourth-order valence-corrected chi connectivity index (χ4v) is 5.29. The van der Waals surface area contributed by atoms with Gasteiger partial charge in [-0.1, -0.05) is 18.2 Å². The van der Waals surface area contributed by atoms with Gasteiger partial charge in [-0.2, -0.15) is 0 Å². The van der Waals surface area contributed by atoms with E-state index in [4.69, 9.17) is 25.7 Å². The number of imidazole rings is 1. The lowest BCUT2D eigenvalue weighted by Crippen LogP contribution is -2.53. The van der Waals surface area contributed by atoms with Gasteiger partial charge < -0.3 is 45.8 Å². The summed E-state index contributed by atoms with van der Waals surface area (Å²) >= 11 is 0. The van der Waals surface area contributed by atoms with E-state index in [0.717, 1.165) is 6.07 Å². The van der Waals surface area contributed by atoms with E-state index >= 15 is 0 Å². The first-order chi connectivity index (χ1) is 24.6. The minimum absolute atomic E-state index is 0.0242. The molecular weight excluding hydrogens is 678 g/mol. The van der Waals surface area contributed by atoms with Crippen LogP contribution in [-0.2, 0) is 16.1 Å². The lowest BCUT2D eigenvalue weighted by Gasteiger charge is -2.34. The summed E-state index contributed by atoms with van der Waals surface area (Å²) in [6.45, 7) is 6.44. The van der Waals surface area contributed by atoms with Gasteiger partial charge in [0, 0.05) is 57.0 Å². The third-order valence-corrected chi connectivity index (χ3v) is 7.75. The number of aromatic nitrogens is 2. The highest BCUT2D eigenvalue weighted by Gasteiger charge is 2.30. The number of ether oxygens (including phenoxy) is 3.